The third kappa shape index (κ3) is 4.43. The molecule has 0 aromatic carbocycles. The number of nitrogens with two attached hydrogens (primary N) is 1. The first-order valence-corrected chi connectivity index (χ1v) is 7.92. The molecule has 20 heavy (non-hydrogen) atoms. The molecule has 2 fully saturated rings. The Bertz CT molecular complexity index is 297. The molecule has 2 atom stereocenters. The van der Waals surface area contributed by atoms with Gasteiger partial charge in [0, 0.05) is 32.2 Å². The van der Waals surface area contributed by atoms with E-state index in [1.165, 1.54) is 12.8 Å². The summed E-state index contributed by atoms with van der Waals surface area (Å²) in [7, 11) is 0. The summed E-state index contributed by atoms with van der Waals surface area (Å²) in [6.45, 7) is 5.48. The number of rotatable bonds is 5. The van der Waals surface area contributed by atoms with Crippen molar-refractivity contribution in [3.05, 3.63) is 0 Å². The molecular weight excluding hydrogens is 256 g/mol. The van der Waals surface area contributed by atoms with Gasteiger partial charge in [-0.05, 0) is 32.1 Å². The second-order valence-electron chi connectivity index (χ2n) is 5.98. The monoisotopic (exact) mass is 284 g/mol. The van der Waals surface area contributed by atoms with Crippen LogP contribution in [0.3, 0.4) is 0 Å². The van der Waals surface area contributed by atoms with Crippen molar-refractivity contribution in [3.63, 3.8) is 0 Å². The van der Waals surface area contributed by atoms with E-state index in [1.54, 1.807) is 0 Å². The molecule has 116 valence electrons. The van der Waals surface area contributed by atoms with Crippen LogP contribution in [0.1, 0.15) is 39.0 Å². The number of nitrogens with zero attached hydrogens (tertiary/aromatic N) is 1. The van der Waals surface area contributed by atoms with Crippen molar-refractivity contribution in [1.82, 2.24) is 4.90 Å². The van der Waals surface area contributed by atoms with Crippen molar-refractivity contribution in [2.45, 2.75) is 51.2 Å². The van der Waals surface area contributed by atoms with Crippen molar-refractivity contribution < 1.29 is 14.3 Å². The second kappa shape index (κ2) is 7.96. The Labute approximate surface area is 121 Å². The predicted octanol–water partition coefficient (Wildman–Crippen LogP) is 1.16. The predicted molar refractivity (Wildman–Crippen MR) is 77.4 cm³/mol. The van der Waals surface area contributed by atoms with Gasteiger partial charge in [-0.2, -0.15) is 0 Å². The molecule has 0 radical (unpaired) electrons. The van der Waals surface area contributed by atoms with E-state index in [4.69, 9.17) is 15.2 Å². The number of carbonyl (C=O) groups is 1. The first-order valence-electron chi connectivity index (χ1n) is 7.92. The largest absolute Gasteiger partial charge is 0.376 e. The lowest BCUT2D eigenvalue weighted by Gasteiger charge is -2.34. The normalized spacial score (nSPS) is 26.5. The molecule has 0 bridgehead atoms. The summed E-state index contributed by atoms with van der Waals surface area (Å²) in [6, 6.07) is 0. The van der Waals surface area contributed by atoms with Crippen LogP contribution >= 0.6 is 0 Å². The van der Waals surface area contributed by atoms with Gasteiger partial charge in [-0.1, -0.05) is 6.92 Å². The number of carbonyl (C=O) groups excluding carboxylic acids is 1. The molecule has 1 amide bonds. The van der Waals surface area contributed by atoms with Crippen LogP contribution in [0.2, 0.25) is 0 Å². The minimum absolute atomic E-state index is 0.0666. The van der Waals surface area contributed by atoms with Crippen molar-refractivity contribution in [3.8, 4) is 0 Å². The van der Waals surface area contributed by atoms with Crippen molar-refractivity contribution >= 4 is 5.91 Å². The van der Waals surface area contributed by atoms with Crippen LogP contribution in [0, 0.1) is 5.92 Å². The average molecular weight is 284 g/mol. The summed E-state index contributed by atoms with van der Waals surface area (Å²) in [6.07, 6.45) is 5.95. The van der Waals surface area contributed by atoms with Crippen LogP contribution in [0.4, 0.5) is 0 Å². The average Bonchev–Trinajstić information content (AvgIpc) is 2.53. The fraction of sp³-hybridized carbons (Fsp3) is 0.933. The van der Waals surface area contributed by atoms with E-state index in [-0.39, 0.29) is 24.0 Å². The first kappa shape index (κ1) is 15.7. The molecule has 0 spiro atoms. The molecule has 0 aromatic rings. The maximum absolute atomic E-state index is 12.0. The fourth-order valence-electron chi connectivity index (χ4n) is 2.84. The molecule has 2 saturated heterocycles. The lowest BCUT2D eigenvalue weighted by molar-refractivity contribution is -0.138. The van der Waals surface area contributed by atoms with E-state index < -0.39 is 0 Å². The Morgan fingerprint density at radius 2 is 2.10 bits per heavy atom. The molecule has 5 nitrogen and oxygen atoms in total. The van der Waals surface area contributed by atoms with Crippen molar-refractivity contribution in [2.24, 2.45) is 11.7 Å². The van der Waals surface area contributed by atoms with Gasteiger partial charge in [0.05, 0.1) is 18.8 Å². The van der Waals surface area contributed by atoms with E-state index in [0.29, 0.717) is 13.2 Å². The van der Waals surface area contributed by atoms with Gasteiger partial charge in [-0.3, -0.25) is 4.79 Å². The Morgan fingerprint density at radius 3 is 2.70 bits per heavy atom. The minimum Gasteiger partial charge on any atom is -0.376 e. The fourth-order valence-corrected chi connectivity index (χ4v) is 2.84. The zero-order valence-corrected chi connectivity index (χ0v) is 12.6. The van der Waals surface area contributed by atoms with Crippen LogP contribution in [-0.2, 0) is 14.3 Å². The van der Waals surface area contributed by atoms with Crippen LogP contribution < -0.4 is 5.73 Å². The molecular formula is C15H28N2O3. The number of amides is 1. The molecule has 2 aliphatic heterocycles. The lowest BCUT2D eigenvalue weighted by Crippen LogP contribution is -2.45. The van der Waals surface area contributed by atoms with Crippen LogP contribution in [0.25, 0.3) is 0 Å². The minimum atomic E-state index is -0.0666. The highest BCUT2D eigenvalue weighted by Gasteiger charge is 2.26. The van der Waals surface area contributed by atoms with Crippen LogP contribution in [-0.4, -0.2) is 55.9 Å². The van der Waals surface area contributed by atoms with E-state index >= 15 is 0 Å². The van der Waals surface area contributed by atoms with Gasteiger partial charge in [0.1, 0.15) is 0 Å². The third-order valence-corrected chi connectivity index (χ3v) is 4.32. The molecule has 2 aliphatic rings. The van der Waals surface area contributed by atoms with E-state index in [1.807, 2.05) is 11.8 Å². The molecule has 2 heterocycles. The van der Waals surface area contributed by atoms with E-state index in [2.05, 4.69) is 0 Å². The van der Waals surface area contributed by atoms with Crippen molar-refractivity contribution in [2.75, 3.05) is 32.8 Å². The van der Waals surface area contributed by atoms with Gasteiger partial charge in [0.15, 0.2) is 0 Å². The Kier molecular flexibility index (Phi) is 6.26. The number of ether oxygens (including phenoxy) is 2. The third-order valence-electron chi connectivity index (χ3n) is 4.32. The SMILES string of the molecule is CC(CN)C(=O)N1CCC(OCC2CCCCO2)CC1. The zero-order valence-electron chi connectivity index (χ0n) is 12.6. The lowest BCUT2D eigenvalue weighted by atomic mass is 10.0. The first-order chi connectivity index (χ1) is 9.70. The number of hydrogen-bond acceptors (Lipinski definition) is 4. The highest BCUT2D eigenvalue weighted by Crippen LogP contribution is 2.18. The summed E-state index contributed by atoms with van der Waals surface area (Å²) in [5.74, 6) is 0.115. The molecule has 2 unspecified atom stereocenters. The summed E-state index contributed by atoms with van der Waals surface area (Å²) in [5.41, 5.74) is 5.55. The number of likely N-dealkylation sites (tertiary alicyclic amines) is 1. The Morgan fingerprint density at radius 1 is 1.35 bits per heavy atom. The summed E-state index contributed by atoms with van der Waals surface area (Å²) >= 11 is 0. The van der Waals surface area contributed by atoms with Crippen LogP contribution in [0.15, 0.2) is 0 Å². The summed E-state index contributed by atoms with van der Waals surface area (Å²) < 4.78 is 11.6. The Hall–Kier alpha value is -0.650. The Balaban J connectivity index is 1.65. The molecule has 0 aromatic heterocycles. The van der Waals surface area contributed by atoms with Crippen molar-refractivity contribution in [1.29, 1.82) is 0 Å². The number of piperidine rings is 1. The van der Waals surface area contributed by atoms with Gasteiger partial charge in [-0.25, -0.2) is 0 Å². The molecule has 5 heteroatoms. The maximum atomic E-state index is 12.0. The standard InChI is InChI=1S/C15H28N2O3/c1-12(10-16)15(18)17-7-5-13(6-8-17)20-11-14-4-2-3-9-19-14/h12-14H,2-11,16H2,1H3. The number of hydrogen-bond donors (Lipinski definition) is 1. The summed E-state index contributed by atoms with van der Waals surface area (Å²) in [5, 5.41) is 0. The van der Waals surface area contributed by atoms with Crippen LogP contribution in [0.5, 0.6) is 0 Å². The van der Waals surface area contributed by atoms with E-state index in [0.717, 1.165) is 39.0 Å². The zero-order chi connectivity index (χ0) is 14.4. The van der Waals surface area contributed by atoms with Gasteiger partial charge in [0.2, 0.25) is 5.91 Å². The van der Waals surface area contributed by atoms with Gasteiger partial charge >= 0.3 is 0 Å². The van der Waals surface area contributed by atoms with E-state index in [9.17, 15) is 4.79 Å². The second-order valence-corrected chi connectivity index (χ2v) is 5.98. The van der Waals surface area contributed by atoms with Gasteiger partial charge < -0.3 is 20.1 Å². The molecule has 2 rings (SSSR count). The quantitative estimate of drug-likeness (QED) is 0.823. The highest BCUT2D eigenvalue weighted by molar-refractivity contribution is 5.78. The topological polar surface area (TPSA) is 64.8 Å². The maximum Gasteiger partial charge on any atom is 0.226 e. The van der Waals surface area contributed by atoms with Gasteiger partial charge in [0.25, 0.3) is 0 Å². The summed E-state index contributed by atoms with van der Waals surface area (Å²) in [4.78, 5) is 14.0. The smallest absolute Gasteiger partial charge is 0.226 e. The van der Waals surface area contributed by atoms with Gasteiger partial charge in [-0.15, -0.1) is 0 Å². The molecule has 2 N–H and O–H groups in total. The molecule has 0 aliphatic carbocycles. The molecule has 0 saturated carbocycles. The highest BCUT2D eigenvalue weighted by atomic mass is 16.5.